The second-order valence-electron chi connectivity index (χ2n) is 6.10. The van der Waals surface area contributed by atoms with E-state index in [1.807, 2.05) is 17.8 Å². The smallest absolute Gasteiger partial charge is 0.0991 e. The Hall–Kier alpha value is -0.940. The molecule has 2 rings (SSSR count). The van der Waals surface area contributed by atoms with Gasteiger partial charge in [0.15, 0.2) is 0 Å². The van der Waals surface area contributed by atoms with Gasteiger partial charge in [0.1, 0.15) is 0 Å². The lowest BCUT2D eigenvalue weighted by molar-refractivity contribution is -0.0738. The molecule has 1 saturated heterocycles. The number of ether oxygens (including phenoxy) is 1. The highest BCUT2D eigenvalue weighted by Crippen LogP contribution is 2.44. The lowest BCUT2D eigenvalue weighted by Crippen LogP contribution is -2.31. The van der Waals surface area contributed by atoms with Crippen LogP contribution in [0.4, 0.5) is 0 Å². The van der Waals surface area contributed by atoms with Gasteiger partial charge in [-0.2, -0.15) is 0 Å². The predicted octanol–water partition coefficient (Wildman–Crippen LogP) is 1.82. The van der Waals surface area contributed by atoms with Crippen molar-refractivity contribution >= 4 is 0 Å². The topological polar surface area (TPSA) is 66.0 Å². The van der Waals surface area contributed by atoms with E-state index in [0.717, 1.165) is 12.1 Å². The molecule has 1 fully saturated rings. The summed E-state index contributed by atoms with van der Waals surface area (Å²) in [6.45, 7) is 10.3. The van der Waals surface area contributed by atoms with Crippen LogP contribution in [0.2, 0.25) is 0 Å². The fourth-order valence-electron chi connectivity index (χ4n) is 2.60. The van der Waals surface area contributed by atoms with E-state index >= 15 is 0 Å². The molecule has 0 amide bonds. The Bertz CT molecular complexity index is 408. The largest absolute Gasteiger partial charge is 0.367 e. The molecule has 0 aliphatic carbocycles. The molecule has 2 atom stereocenters. The molecule has 5 heteroatoms. The van der Waals surface area contributed by atoms with Crippen molar-refractivity contribution in [1.29, 1.82) is 0 Å². The number of rotatable bonds is 2. The van der Waals surface area contributed by atoms with Crippen molar-refractivity contribution in [1.82, 2.24) is 15.0 Å². The zero-order valence-electron chi connectivity index (χ0n) is 11.3. The van der Waals surface area contributed by atoms with Gasteiger partial charge in [0.25, 0.3) is 0 Å². The minimum absolute atomic E-state index is 0.0813. The SMILES string of the molecule is CC(N)c1cn(C2CC(C)(C)OC2(C)C)nn1. The van der Waals surface area contributed by atoms with Crippen molar-refractivity contribution in [3.05, 3.63) is 11.9 Å². The van der Waals surface area contributed by atoms with Crippen LogP contribution >= 0.6 is 0 Å². The van der Waals surface area contributed by atoms with Crippen LogP contribution in [-0.4, -0.2) is 26.2 Å². The van der Waals surface area contributed by atoms with Gasteiger partial charge in [-0.25, -0.2) is 4.68 Å². The highest BCUT2D eigenvalue weighted by atomic mass is 16.5. The third-order valence-corrected chi connectivity index (χ3v) is 3.34. The van der Waals surface area contributed by atoms with Gasteiger partial charge in [-0.1, -0.05) is 5.21 Å². The van der Waals surface area contributed by atoms with Gasteiger partial charge in [0, 0.05) is 12.5 Å². The number of hydrogen-bond donors (Lipinski definition) is 1. The average molecular weight is 238 g/mol. The molecule has 0 spiro atoms. The summed E-state index contributed by atoms with van der Waals surface area (Å²) in [4.78, 5) is 0. The van der Waals surface area contributed by atoms with Crippen LogP contribution in [0.15, 0.2) is 6.20 Å². The van der Waals surface area contributed by atoms with E-state index in [-0.39, 0.29) is 23.3 Å². The van der Waals surface area contributed by atoms with Crippen LogP contribution < -0.4 is 5.73 Å². The van der Waals surface area contributed by atoms with Gasteiger partial charge < -0.3 is 10.5 Å². The molecule has 1 aromatic heterocycles. The Morgan fingerprint density at radius 2 is 2.12 bits per heavy atom. The fraction of sp³-hybridized carbons (Fsp3) is 0.833. The summed E-state index contributed by atoms with van der Waals surface area (Å²) >= 11 is 0. The van der Waals surface area contributed by atoms with Crippen LogP contribution in [0.3, 0.4) is 0 Å². The van der Waals surface area contributed by atoms with Gasteiger partial charge in [-0.15, -0.1) is 5.10 Å². The van der Waals surface area contributed by atoms with Gasteiger partial charge in [0.05, 0.1) is 29.1 Å². The van der Waals surface area contributed by atoms with Crippen molar-refractivity contribution < 1.29 is 4.74 Å². The van der Waals surface area contributed by atoms with E-state index in [2.05, 4.69) is 38.0 Å². The maximum absolute atomic E-state index is 6.05. The molecule has 96 valence electrons. The quantitative estimate of drug-likeness (QED) is 0.853. The van der Waals surface area contributed by atoms with E-state index in [0.29, 0.717) is 0 Å². The van der Waals surface area contributed by atoms with E-state index < -0.39 is 0 Å². The van der Waals surface area contributed by atoms with Crippen molar-refractivity contribution in [2.24, 2.45) is 5.73 Å². The van der Waals surface area contributed by atoms with Crippen LogP contribution in [0.1, 0.15) is 58.8 Å². The normalized spacial score (nSPS) is 28.2. The Labute approximate surface area is 102 Å². The minimum Gasteiger partial charge on any atom is -0.367 e. The maximum Gasteiger partial charge on any atom is 0.0991 e. The summed E-state index contributed by atoms with van der Waals surface area (Å²) in [5.41, 5.74) is 6.28. The molecule has 0 saturated carbocycles. The number of aromatic nitrogens is 3. The van der Waals surface area contributed by atoms with Gasteiger partial charge in [-0.3, -0.25) is 0 Å². The Morgan fingerprint density at radius 1 is 1.47 bits per heavy atom. The van der Waals surface area contributed by atoms with Crippen LogP contribution in [0, 0.1) is 0 Å². The summed E-state index contributed by atoms with van der Waals surface area (Å²) in [6.07, 6.45) is 2.86. The van der Waals surface area contributed by atoms with Gasteiger partial charge >= 0.3 is 0 Å². The molecule has 5 nitrogen and oxygen atoms in total. The van der Waals surface area contributed by atoms with Crippen LogP contribution in [0.25, 0.3) is 0 Å². The second kappa shape index (κ2) is 3.78. The Morgan fingerprint density at radius 3 is 2.53 bits per heavy atom. The maximum atomic E-state index is 6.05. The summed E-state index contributed by atoms with van der Waals surface area (Å²) in [6, 6.07) is 0.125. The first kappa shape index (κ1) is 12.5. The molecule has 0 bridgehead atoms. The molecule has 1 aliphatic heterocycles. The lowest BCUT2D eigenvalue weighted by Gasteiger charge is -2.26. The number of nitrogens with two attached hydrogens (primary N) is 1. The zero-order chi connectivity index (χ0) is 12.8. The third-order valence-electron chi connectivity index (χ3n) is 3.34. The molecule has 1 aromatic rings. The molecule has 2 heterocycles. The van der Waals surface area contributed by atoms with E-state index in [1.54, 1.807) is 0 Å². The molecule has 2 unspecified atom stereocenters. The van der Waals surface area contributed by atoms with Gasteiger partial charge in [0.2, 0.25) is 0 Å². The lowest BCUT2D eigenvalue weighted by atomic mass is 9.95. The molecule has 2 N–H and O–H groups in total. The number of hydrogen-bond acceptors (Lipinski definition) is 4. The molecule has 1 aliphatic rings. The summed E-state index contributed by atoms with van der Waals surface area (Å²) < 4.78 is 7.95. The minimum atomic E-state index is -0.230. The summed E-state index contributed by atoms with van der Waals surface area (Å²) in [5.74, 6) is 0. The first-order chi connectivity index (χ1) is 7.71. The van der Waals surface area contributed by atoms with Crippen LogP contribution in [-0.2, 0) is 4.74 Å². The van der Waals surface area contributed by atoms with E-state index in [9.17, 15) is 0 Å². The highest BCUT2D eigenvalue weighted by molar-refractivity contribution is 5.03. The van der Waals surface area contributed by atoms with Crippen molar-refractivity contribution in [3.8, 4) is 0 Å². The molecule has 0 radical (unpaired) electrons. The molecule has 17 heavy (non-hydrogen) atoms. The predicted molar refractivity (Wildman–Crippen MR) is 65.5 cm³/mol. The van der Waals surface area contributed by atoms with Crippen molar-refractivity contribution in [2.75, 3.05) is 0 Å². The monoisotopic (exact) mass is 238 g/mol. The first-order valence-electron chi connectivity index (χ1n) is 6.09. The Balaban J connectivity index is 2.27. The Kier molecular flexibility index (Phi) is 2.78. The number of nitrogens with zero attached hydrogens (tertiary/aromatic N) is 3. The van der Waals surface area contributed by atoms with E-state index in [1.165, 1.54) is 0 Å². The molecular weight excluding hydrogens is 216 g/mol. The highest BCUT2D eigenvalue weighted by Gasteiger charge is 2.47. The first-order valence-corrected chi connectivity index (χ1v) is 6.09. The summed E-state index contributed by atoms with van der Waals surface area (Å²) in [7, 11) is 0. The fourth-order valence-corrected chi connectivity index (χ4v) is 2.60. The van der Waals surface area contributed by atoms with E-state index in [4.69, 9.17) is 10.5 Å². The standard InChI is InChI=1S/C12H22N4O/c1-8(13)9-7-16(15-14-9)10-6-11(2,3)17-12(10,4)5/h7-8,10H,6,13H2,1-5H3. The average Bonchev–Trinajstić information content (AvgIpc) is 2.67. The molecule has 0 aromatic carbocycles. The summed E-state index contributed by atoms with van der Waals surface area (Å²) in [5, 5.41) is 8.29. The van der Waals surface area contributed by atoms with Crippen LogP contribution in [0.5, 0.6) is 0 Å². The second-order valence-corrected chi connectivity index (χ2v) is 6.10. The van der Waals surface area contributed by atoms with Crippen molar-refractivity contribution in [3.63, 3.8) is 0 Å². The zero-order valence-corrected chi connectivity index (χ0v) is 11.3. The van der Waals surface area contributed by atoms with Gasteiger partial charge in [-0.05, 0) is 34.6 Å². The van der Waals surface area contributed by atoms with Crippen molar-refractivity contribution in [2.45, 2.75) is 64.3 Å². The third kappa shape index (κ3) is 2.35. The molecular formula is C12H22N4O.